The van der Waals surface area contributed by atoms with E-state index in [1.807, 2.05) is 24.3 Å². The number of aromatic amines is 2. The SMILES string of the molecule is NCCCCC(NC(=O)C(N)Cc1c[nH]c2ccccc12)C(=O)NC(Cc1cnc[nH]1)C(=O)NC(CCC(=O)O)C(=O)O. The van der Waals surface area contributed by atoms with Gasteiger partial charge in [-0.2, -0.15) is 0 Å². The normalized spacial score (nSPS) is 13.9. The van der Waals surface area contributed by atoms with E-state index in [0.29, 0.717) is 25.1 Å². The summed E-state index contributed by atoms with van der Waals surface area (Å²) in [5, 5.41) is 26.9. The number of fused-ring (bicyclic) bond motifs is 1. The Morgan fingerprint density at radius 2 is 1.56 bits per heavy atom. The quantitative estimate of drug-likeness (QED) is 0.0851. The van der Waals surface area contributed by atoms with Gasteiger partial charge in [-0.1, -0.05) is 18.2 Å². The van der Waals surface area contributed by atoms with Crippen LogP contribution in [0.5, 0.6) is 0 Å². The molecule has 0 aliphatic heterocycles. The van der Waals surface area contributed by atoms with Crippen molar-refractivity contribution >= 4 is 40.6 Å². The maximum absolute atomic E-state index is 13.5. The van der Waals surface area contributed by atoms with Crippen molar-refractivity contribution < 1.29 is 34.2 Å². The summed E-state index contributed by atoms with van der Waals surface area (Å²) < 4.78 is 0. The van der Waals surface area contributed by atoms with Crippen LogP contribution in [0.1, 0.15) is 43.4 Å². The van der Waals surface area contributed by atoms with Crippen molar-refractivity contribution in [1.29, 1.82) is 0 Å². The molecule has 0 fully saturated rings. The summed E-state index contributed by atoms with van der Waals surface area (Å²) in [4.78, 5) is 72.2. The number of hydrogen-bond acceptors (Lipinski definition) is 8. The molecule has 15 nitrogen and oxygen atoms in total. The van der Waals surface area contributed by atoms with Crippen LogP contribution in [-0.2, 0) is 36.8 Å². The lowest BCUT2D eigenvalue weighted by atomic mass is 10.0. The highest BCUT2D eigenvalue weighted by atomic mass is 16.4. The zero-order valence-electron chi connectivity index (χ0n) is 23.5. The molecule has 0 spiro atoms. The number of benzene rings is 1. The number of carboxylic acids is 2. The molecule has 4 unspecified atom stereocenters. The molecular formula is C28H38N8O7. The van der Waals surface area contributed by atoms with E-state index < -0.39 is 60.2 Å². The number of unbranched alkanes of at least 4 members (excludes halogenated alkanes) is 1. The zero-order valence-corrected chi connectivity index (χ0v) is 23.5. The fourth-order valence-electron chi connectivity index (χ4n) is 4.57. The topological polar surface area (TPSA) is 258 Å². The fourth-order valence-corrected chi connectivity index (χ4v) is 4.57. The number of carbonyl (C=O) groups excluding carboxylic acids is 3. The van der Waals surface area contributed by atoms with Crippen molar-refractivity contribution in [2.24, 2.45) is 11.5 Å². The number of nitrogens with zero attached hydrogens (tertiary/aromatic N) is 1. The maximum atomic E-state index is 13.5. The Labute approximate surface area is 247 Å². The Bertz CT molecular complexity index is 1390. The molecule has 2 aromatic heterocycles. The van der Waals surface area contributed by atoms with Crippen LogP contribution >= 0.6 is 0 Å². The Morgan fingerprint density at radius 3 is 2.23 bits per heavy atom. The van der Waals surface area contributed by atoms with Gasteiger partial charge in [-0.15, -0.1) is 0 Å². The van der Waals surface area contributed by atoms with Gasteiger partial charge in [0.1, 0.15) is 18.1 Å². The third-order valence-electron chi connectivity index (χ3n) is 6.90. The molecule has 232 valence electrons. The van der Waals surface area contributed by atoms with Crippen LogP contribution in [-0.4, -0.2) is 85.5 Å². The Morgan fingerprint density at radius 1 is 0.860 bits per heavy atom. The van der Waals surface area contributed by atoms with Gasteiger partial charge in [-0.25, -0.2) is 9.78 Å². The van der Waals surface area contributed by atoms with E-state index in [9.17, 15) is 29.1 Å². The third kappa shape index (κ3) is 9.93. The summed E-state index contributed by atoms with van der Waals surface area (Å²) in [6.45, 7) is 0.375. The molecule has 15 heteroatoms. The molecule has 11 N–H and O–H groups in total. The second kappa shape index (κ2) is 16.0. The molecule has 0 radical (unpaired) electrons. The van der Waals surface area contributed by atoms with Crippen molar-refractivity contribution in [3.05, 3.63) is 54.2 Å². The van der Waals surface area contributed by atoms with Crippen LogP contribution in [0, 0.1) is 0 Å². The molecule has 3 rings (SSSR count). The minimum absolute atomic E-state index is 0.0770. The van der Waals surface area contributed by atoms with Crippen LogP contribution in [0.3, 0.4) is 0 Å². The number of H-pyrrole nitrogens is 2. The highest BCUT2D eigenvalue weighted by Gasteiger charge is 2.31. The smallest absolute Gasteiger partial charge is 0.326 e. The highest BCUT2D eigenvalue weighted by Crippen LogP contribution is 2.19. The molecule has 3 aromatic rings. The first-order chi connectivity index (χ1) is 20.6. The number of nitrogens with two attached hydrogens (primary N) is 2. The van der Waals surface area contributed by atoms with Crippen molar-refractivity contribution in [2.45, 2.75) is 69.1 Å². The number of rotatable bonds is 18. The van der Waals surface area contributed by atoms with E-state index >= 15 is 0 Å². The van der Waals surface area contributed by atoms with Gasteiger partial charge in [0.15, 0.2) is 0 Å². The standard InChI is InChI=1S/C28H38N8O7/c29-10-4-3-7-21(34-25(39)19(30)11-16-13-32-20-6-2-1-5-18(16)20)26(40)36-23(12-17-14-31-15-33-17)27(41)35-22(28(42)43)8-9-24(37)38/h1-2,5-6,13-15,19,21-23,32H,3-4,7-12,29-30H2,(H,31,33)(H,34,39)(H,35,41)(H,36,40)(H,37,38)(H,42,43). The van der Waals surface area contributed by atoms with Crippen LogP contribution in [0.25, 0.3) is 10.9 Å². The lowest BCUT2D eigenvalue weighted by molar-refractivity contribution is -0.143. The molecule has 2 heterocycles. The molecule has 1 aromatic carbocycles. The van der Waals surface area contributed by atoms with Crippen LogP contribution in [0.15, 0.2) is 43.0 Å². The number of aromatic nitrogens is 3. The monoisotopic (exact) mass is 598 g/mol. The van der Waals surface area contributed by atoms with Crippen molar-refractivity contribution in [3.63, 3.8) is 0 Å². The van der Waals surface area contributed by atoms with Crippen LogP contribution in [0.2, 0.25) is 0 Å². The van der Waals surface area contributed by atoms with Crippen molar-refractivity contribution in [2.75, 3.05) is 6.54 Å². The third-order valence-corrected chi connectivity index (χ3v) is 6.90. The van der Waals surface area contributed by atoms with Crippen molar-refractivity contribution in [1.82, 2.24) is 30.9 Å². The Hall–Kier alpha value is -4.76. The minimum atomic E-state index is -1.49. The van der Waals surface area contributed by atoms with Gasteiger partial charge in [0, 0.05) is 41.8 Å². The maximum Gasteiger partial charge on any atom is 0.326 e. The van der Waals surface area contributed by atoms with E-state index in [-0.39, 0.29) is 25.7 Å². The fraction of sp³-hybridized carbons (Fsp3) is 0.429. The van der Waals surface area contributed by atoms with E-state index in [0.717, 1.165) is 16.5 Å². The molecule has 0 aliphatic rings. The minimum Gasteiger partial charge on any atom is -0.481 e. The lowest BCUT2D eigenvalue weighted by Gasteiger charge is -2.25. The average molecular weight is 599 g/mol. The van der Waals surface area contributed by atoms with Gasteiger partial charge in [0.2, 0.25) is 17.7 Å². The van der Waals surface area contributed by atoms with Gasteiger partial charge in [0.25, 0.3) is 0 Å². The summed E-state index contributed by atoms with van der Waals surface area (Å²) in [5.41, 5.74) is 14.1. The Kier molecular flexibility index (Phi) is 12.2. The van der Waals surface area contributed by atoms with E-state index in [4.69, 9.17) is 16.6 Å². The number of aliphatic carboxylic acids is 2. The first-order valence-electron chi connectivity index (χ1n) is 13.9. The number of amides is 3. The van der Waals surface area contributed by atoms with Gasteiger partial charge >= 0.3 is 11.9 Å². The number of para-hydroxylation sites is 1. The lowest BCUT2D eigenvalue weighted by Crippen LogP contribution is -2.57. The molecule has 4 atom stereocenters. The summed E-state index contributed by atoms with van der Waals surface area (Å²) in [6.07, 6.45) is 5.20. The predicted molar refractivity (Wildman–Crippen MR) is 155 cm³/mol. The van der Waals surface area contributed by atoms with Crippen molar-refractivity contribution in [3.8, 4) is 0 Å². The van der Waals surface area contributed by atoms with Gasteiger partial charge in [-0.05, 0) is 50.3 Å². The largest absolute Gasteiger partial charge is 0.481 e. The first kappa shape index (κ1) is 32.8. The van der Waals surface area contributed by atoms with E-state index in [1.165, 1.54) is 12.5 Å². The summed E-state index contributed by atoms with van der Waals surface area (Å²) in [5.74, 6) is -4.72. The molecule has 0 aliphatic carbocycles. The predicted octanol–water partition coefficient (Wildman–Crippen LogP) is -0.464. The number of carboxylic acid groups (broad SMARTS) is 2. The molecule has 0 bridgehead atoms. The molecule has 0 saturated heterocycles. The molecular weight excluding hydrogens is 560 g/mol. The molecule has 43 heavy (non-hydrogen) atoms. The first-order valence-corrected chi connectivity index (χ1v) is 13.9. The van der Waals surface area contributed by atoms with Gasteiger partial charge in [0.05, 0.1) is 12.4 Å². The number of nitrogens with one attached hydrogen (secondary N) is 5. The zero-order chi connectivity index (χ0) is 31.4. The highest BCUT2D eigenvalue weighted by molar-refractivity contribution is 5.94. The number of imidazole rings is 1. The van der Waals surface area contributed by atoms with E-state index in [1.54, 1.807) is 6.20 Å². The number of hydrogen-bond donors (Lipinski definition) is 9. The van der Waals surface area contributed by atoms with Gasteiger partial charge < -0.3 is 47.6 Å². The summed E-state index contributed by atoms with van der Waals surface area (Å²) >= 11 is 0. The number of carbonyl (C=O) groups is 5. The summed E-state index contributed by atoms with van der Waals surface area (Å²) in [7, 11) is 0. The van der Waals surface area contributed by atoms with Crippen LogP contribution < -0.4 is 27.4 Å². The second-order valence-electron chi connectivity index (χ2n) is 10.2. The van der Waals surface area contributed by atoms with E-state index in [2.05, 4.69) is 30.9 Å². The summed E-state index contributed by atoms with van der Waals surface area (Å²) in [6, 6.07) is 2.78. The van der Waals surface area contributed by atoms with Crippen LogP contribution in [0.4, 0.5) is 0 Å². The second-order valence-corrected chi connectivity index (χ2v) is 10.2. The Balaban J connectivity index is 1.73. The molecule has 3 amide bonds. The average Bonchev–Trinajstić information content (AvgIpc) is 3.64. The van der Waals surface area contributed by atoms with Gasteiger partial charge in [-0.3, -0.25) is 19.2 Å². The molecule has 0 saturated carbocycles.